The van der Waals surface area contributed by atoms with E-state index in [1.54, 1.807) is 18.3 Å². The molecule has 1 aromatic heterocycles. The van der Waals surface area contributed by atoms with Gasteiger partial charge in [0.2, 0.25) is 0 Å². The zero-order valence-electron chi connectivity index (χ0n) is 18.0. The predicted octanol–water partition coefficient (Wildman–Crippen LogP) is 3.89. The van der Waals surface area contributed by atoms with E-state index in [0.717, 1.165) is 30.8 Å². The lowest BCUT2D eigenvalue weighted by Gasteiger charge is -2.35. The number of hydrogen-bond donors (Lipinski definition) is 0. The van der Waals surface area contributed by atoms with Crippen molar-refractivity contribution in [2.75, 3.05) is 26.2 Å². The Morgan fingerprint density at radius 1 is 0.871 bits per heavy atom. The summed E-state index contributed by atoms with van der Waals surface area (Å²) in [5, 5.41) is 0. The first kappa shape index (κ1) is 20.9. The SMILES string of the molecule is Cc1ccc(C)c(C(=O)c2ccccc2C(=O)N2CCN(Cc3cccnc3)CC2)c1. The molecule has 5 nitrogen and oxygen atoms in total. The number of amides is 1. The fourth-order valence-corrected chi connectivity index (χ4v) is 4.02. The number of carbonyl (C=O) groups excluding carboxylic acids is 2. The molecule has 5 heteroatoms. The molecule has 158 valence electrons. The van der Waals surface area contributed by atoms with Crippen molar-refractivity contribution in [2.24, 2.45) is 0 Å². The Morgan fingerprint density at radius 3 is 2.32 bits per heavy atom. The molecule has 2 heterocycles. The average Bonchev–Trinajstić information content (AvgIpc) is 2.81. The van der Waals surface area contributed by atoms with E-state index >= 15 is 0 Å². The van der Waals surface area contributed by atoms with Gasteiger partial charge in [0, 0.05) is 56.2 Å². The second-order valence-electron chi connectivity index (χ2n) is 8.12. The standard InChI is InChI=1S/C26H27N3O2/c1-19-9-10-20(2)24(16-19)25(30)22-7-3-4-8-23(22)26(31)29-14-12-28(13-15-29)18-21-6-5-11-27-17-21/h3-11,16-17H,12-15,18H2,1-2H3. The Bertz CT molecular complexity index is 1090. The predicted molar refractivity (Wildman–Crippen MR) is 121 cm³/mol. The van der Waals surface area contributed by atoms with Crippen molar-refractivity contribution in [3.63, 3.8) is 0 Å². The van der Waals surface area contributed by atoms with Gasteiger partial charge in [-0.25, -0.2) is 0 Å². The minimum absolute atomic E-state index is 0.0738. The van der Waals surface area contributed by atoms with Gasteiger partial charge in [-0.2, -0.15) is 0 Å². The monoisotopic (exact) mass is 413 g/mol. The van der Waals surface area contributed by atoms with Gasteiger partial charge in [0.25, 0.3) is 5.91 Å². The number of hydrogen-bond acceptors (Lipinski definition) is 4. The van der Waals surface area contributed by atoms with Gasteiger partial charge in [-0.05, 0) is 43.2 Å². The number of aryl methyl sites for hydroxylation is 2. The molecule has 3 aromatic rings. The normalized spacial score (nSPS) is 14.5. The summed E-state index contributed by atoms with van der Waals surface area (Å²) >= 11 is 0. The second kappa shape index (κ2) is 9.23. The van der Waals surface area contributed by atoms with Gasteiger partial charge >= 0.3 is 0 Å². The topological polar surface area (TPSA) is 53.5 Å². The van der Waals surface area contributed by atoms with Gasteiger partial charge < -0.3 is 4.90 Å². The maximum Gasteiger partial charge on any atom is 0.254 e. The molecule has 2 aromatic carbocycles. The quantitative estimate of drug-likeness (QED) is 0.596. The van der Waals surface area contributed by atoms with Crippen LogP contribution in [0.15, 0.2) is 67.0 Å². The fraction of sp³-hybridized carbons (Fsp3) is 0.269. The Kier molecular flexibility index (Phi) is 6.23. The van der Waals surface area contributed by atoms with Gasteiger partial charge in [-0.1, -0.05) is 42.0 Å². The Hall–Kier alpha value is -3.31. The van der Waals surface area contributed by atoms with Crippen LogP contribution in [-0.4, -0.2) is 52.7 Å². The highest BCUT2D eigenvalue weighted by molar-refractivity contribution is 6.16. The van der Waals surface area contributed by atoms with Crippen molar-refractivity contribution in [3.05, 3.63) is 100 Å². The lowest BCUT2D eigenvalue weighted by molar-refractivity contribution is 0.0625. The van der Waals surface area contributed by atoms with E-state index in [1.807, 2.05) is 61.3 Å². The van der Waals surface area contributed by atoms with Gasteiger partial charge in [-0.3, -0.25) is 19.5 Å². The van der Waals surface area contributed by atoms with Crippen LogP contribution in [0, 0.1) is 13.8 Å². The van der Waals surface area contributed by atoms with Crippen LogP contribution in [0.3, 0.4) is 0 Å². The number of benzene rings is 2. The molecule has 1 aliphatic rings. The molecule has 0 N–H and O–H groups in total. The van der Waals surface area contributed by atoms with Crippen LogP contribution < -0.4 is 0 Å². The van der Waals surface area contributed by atoms with Gasteiger partial charge in [0.15, 0.2) is 5.78 Å². The summed E-state index contributed by atoms with van der Waals surface area (Å²) in [6.45, 7) is 7.62. The summed E-state index contributed by atoms with van der Waals surface area (Å²) in [6.07, 6.45) is 3.66. The molecule has 4 rings (SSSR count). The first-order chi connectivity index (χ1) is 15.0. The number of aromatic nitrogens is 1. The van der Waals surface area contributed by atoms with Crippen molar-refractivity contribution < 1.29 is 9.59 Å². The molecule has 1 saturated heterocycles. The molecule has 0 unspecified atom stereocenters. The molecule has 1 fully saturated rings. The molecular weight excluding hydrogens is 386 g/mol. The van der Waals surface area contributed by atoms with Crippen molar-refractivity contribution in [2.45, 2.75) is 20.4 Å². The highest BCUT2D eigenvalue weighted by Crippen LogP contribution is 2.21. The molecule has 0 atom stereocenters. The van der Waals surface area contributed by atoms with Crippen LogP contribution in [-0.2, 0) is 6.54 Å². The molecule has 31 heavy (non-hydrogen) atoms. The fourth-order valence-electron chi connectivity index (χ4n) is 4.02. The maximum atomic E-state index is 13.3. The zero-order valence-corrected chi connectivity index (χ0v) is 18.0. The first-order valence-corrected chi connectivity index (χ1v) is 10.6. The van der Waals surface area contributed by atoms with Crippen molar-refractivity contribution in [1.29, 1.82) is 0 Å². The van der Waals surface area contributed by atoms with E-state index in [4.69, 9.17) is 0 Å². The third kappa shape index (κ3) is 4.72. The summed E-state index contributed by atoms with van der Waals surface area (Å²) in [5.74, 6) is -0.171. The number of nitrogens with zero attached hydrogens (tertiary/aromatic N) is 3. The minimum atomic E-state index is -0.0969. The van der Waals surface area contributed by atoms with E-state index in [9.17, 15) is 9.59 Å². The van der Waals surface area contributed by atoms with Crippen molar-refractivity contribution >= 4 is 11.7 Å². The number of rotatable bonds is 5. The van der Waals surface area contributed by atoms with E-state index in [1.165, 1.54) is 5.56 Å². The molecule has 0 spiro atoms. The summed E-state index contributed by atoms with van der Waals surface area (Å²) in [7, 11) is 0. The number of piperazine rings is 1. The zero-order chi connectivity index (χ0) is 21.8. The lowest BCUT2D eigenvalue weighted by Crippen LogP contribution is -2.48. The van der Waals surface area contributed by atoms with Crippen LogP contribution in [0.4, 0.5) is 0 Å². The van der Waals surface area contributed by atoms with Crippen LogP contribution in [0.25, 0.3) is 0 Å². The lowest BCUT2D eigenvalue weighted by atomic mass is 9.94. The molecule has 0 bridgehead atoms. The summed E-state index contributed by atoms with van der Waals surface area (Å²) in [4.78, 5) is 35.0. The maximum absolute atomic E-state index is 13.3. The van der Waals surface area contributed by atoms with Crippen LogP contribution in [0.2, 0.25) is 0 Å². The summed E-state index contributed by atoms with van der Waals surface area (Å²) in [5.41, 5.74) is 4.73. The molecule has 1 amide bonds. The molecule has 0 radical (unpaired) electrons. The van der Waals surface area contributed by atoms with Crippen LogP contribution in [0.5, 0.6) is 0 Å². The smallest absolute Gasteiger partial charge is 0.254 e. The second-order valence-corrected chi connectivity index (χ2v) is 8.12. The van der Waals surface area contributed by atoms with Crippen molar-refractivity contribution in [1.82, 2.24) is 14.8 Å². The molecule has 0 aliphatic carbocycles. The first-order valence-electron chi connectivity index (χ1n) is 10.6. The molecule has 1 aliphatic heterocycles. The Morgan fingerprint density at radius 2 is 1.61 bits per heavy atom. The number of carbonyl (C=O) groups is 2. The highest BCUT2D eigenvalue weighted by atomic mass is 16.2. The summed E-state index contributed by atoms with van der Waals surface area (Å²) in [6, 6.07) is 17.0. The molecule has 0 saturated carbocycles. The van der Waals surface area contributed by atoms with Gasteiger partial charge in [0.1, 0.15) is 0 Å². The van der Waals surface area contributed by atoms with E-state index in [2.05, 4.69) is 16.0 Å². The Labute approximate surface area is 183 Å². The number of ketones is 1. The van der Waals surface area contributed by atoms with Gasteiger partial charge in [0.05, 0.1) is 5.56 Å². The minimum Gasteiger partial charge on any atom is -0.336 e. The highest BCUT2D eigenvalue weighted by Gasteiger charge is 2.26. The average molecular weight is 414 g/mol. The largest absolute Gasteiger partial charge is 0.336 e. The molecular formula is C26H27N3O2. The third-order valence-corrected chi connectivity index (χ3v) is 5.83. The van der Waals surface area contributed by atoms with E-state index in [0.29, 0.717) is 29.8 Å². The number of pyridine rings is 1. The van der Waals surface area contributed by atoms with E-state index < -0.39 is 0 Å². The van der Waals surface area contributed by atoms with Crippen LogP contribution >= 0.6 is 0 Å². The Balaban J connectivity index is 1.49. The summed E-state index contributed by atoms with van der Waals surface area (Å²) < 4.78 is 0. The van der Waals surface area contributed by atoms with Crippen LogP contribution in [0.1, 0.15) is 43.0 Å². The van der Waals surface area contributed by atoms with Gasteiger partial charge in [-0.15, -0.1) is 0 Å². The van der Waals surface area contributed by atoms with E-state index in [-0.39, 0.29) is 11.7 Å². The third-order valence-electron chi connectivity index (χ3n) is 5.83. The van der Waals surface area contributed by atoms with Crippen molar-refractivity contribution in [3.8, 4) is 0 Å².